The molecule has 0 saturated carbocycles. The SMILES string of the molecule is CCC(CC)C(C)NC(=O)Cc1cccc(N)c1. The molecule has 1 aromatic rings. The molecule has 0 aliphatic heterocycles. The van der Waals surface area contributed by atoms with Crippen LogP contribution in [-0.4, -0.2) is 11.9 Å². The quantitative estimate of drug-likeness (QED) is 0.761. The van der Waals surface area contributed by atoms with E-state index in [1.165, 1.54) is 0 Å². The molecule has 1 atom stereocenters. The van der Waals surface area contributed by atoms with Crippen molar-refractivity contribution >= 4 is 11.6 Å². The first-order valence-corrected chi connectivity index (χ1v) is 6.70. The molecule has 100 valence electrons. The van der Waals surface area contributed by atoms with E-state index in [2.05, 4.69) is 26.1 Å². The third-order valence-electron chi connectivity index (χ3n) is 3.46. The number of nitrogens with one attached hydrogen (secondary N) is 1. The lowest BCUT2D eigenvalue weighted by Gasteiger charge is -2.22. The summed E-state index contributed by atoms with van der Waals surface area (Å²) in [6.45, 7) is 6.40. The van der Waals surface area contributed by atoms with Crippen LogP contribution >= 0.6 is 0 Å². The molecule has 0 radical (unpaired) electrons. The molecule has 0 aliphatic carbocycles. The monoisotopic (exact) mass is 248 g/mol. The molecule has 0 saturated heterocycles. The van der Waals surface area contributed by atoms with E-state index < -0.39 is 0 Å². The predicted molar refractivity (Wildman–Crippen MR) is 76.2 cm³/mol. The fourth-order valence-electron chi connectivity index (χ4n) is 2.31. The summed E-state index contributed by atoms with van der Waals surface area (Å²) >= 11 is 0. The number of nitrogens with two attached hydrogens (primary N) is 1. The minimum absolute atomic E-state index is 0.0694. The highest BCUT2D eigenvalue weighted by Gasteiger charge is 2.15. The number of amides is 1. The van der Waals surface area contributed by atoms with Gasteiger partial charge in [0.1, 0.15) is 0 Å². The first kappa shape index (κ1) is 14.6. The van der Waals surface area contributed by atoms with Gasteiger partial charge in [0.15, 0.2) is 0 Å². The Labute approximate surface area is 110 Å². The van der Waals surface area contributed by atoms with E-state index in [-0.39, 0.29) is 11.9 Å². The summed E-state index contributed by atoms with van der Waals surface area (Å²) < 4.78 is 0. The van der Waals surface area contributed by atoms with Crippen molar-refractivity contribution in [3.63, 3.8) is 0 Å². The zero-order chi connectivity index (χ0) is 13.5. The number of carbonyl (C=O) groups excluding carboxylic acids is 1. The molecule has 3 N–H and O–H groups in total. The van der Waals surface area contributed by atoms with Gasteiger partial charge in [-0.05, 0) is 30.5 Å². The number of carbonyl (C=O) groups is 1. The Morgan fingerprint density at radius 2 is 2.00 bits per heavy atom. The molecule has 18 heavy (non-hydrogen) atoms. The van der Waals surface area contributed by atoms with Gasteiger partial charge < -0.3 is 11.1 Å². The summed E-state index contributed by atoms with van der Waals surface area (Å²) in [5, 5.41) is 3.07. The standard InChI is InChI=1S/C15H24N2O/c1-4-13(5-2)11(3)17-15(18)10-12-7-6-8-14(16)9-12/h6-9,11,13H,4-5,10,16H2,1-3H3,(H,17,18). The van der Waals surface area contributed by atoms with Gasteiger partial charge in [0.25, 0.3) is 0 Å². The van der Waals surface area contributed by atoms with E-state index in [0.29, 0.717) is 18.0 Å². The maximum atomic E-state index is 11.9. The normalized spacial score (nSPS) is 12.4. The zero-order valence-corrected chi connectivity index (χ0v) is 11.6. The van der Waals surface area contributed by atoms with Crippen LogP contribution in [0, 0.1) is 5.92 Å². The van der Waals surface area contributed by atoms with Gasteiger partial charge in [-0.3, -0.25) is 4.79 Å². The molecule has 0 heterocycles. The summed E-state index contributed by atoms with van der Waals surface area (Å²) in [6, 6.07) is 7.71. The predicted octanol–water partition coefficient (Wildman–Crippen LogP) is 2.75. The van der Waals surface area contributed by atoms with Crippen molar-refractivity contribution in [3.8, 4) is 0 Å². The highest BCUT2D eigenvalue weighted by atomic mass is 16.1. The molecule has 1 rings (SSSR count). The van der Waals surface area contributed by atoms with Gasteiger partial charge in [-0.2, -0.15) is 0 Å². The molecule has 3 nitrogen and oxygen atoms in total. The van der Waals surface area contributed by atoms with E-state index in [4.69, 9.17) is 5.73 Å². The Morgan fingerprint density at radius 3 is 2.56 bits per heavy atom. The van der Waals surface area contributed by atoms with Crippen molar-refractivity contribution in [2.75, 3.05) is 5.73 Å². The summed E-state index contributed by atoms with van der Waals surface area (Å²) in [5.41, 5.74) is 7.36. The van der Waals surface area contributed by atoms with Gasteiger partial charge in [0, 0.05) is 11.7 Å². The molecule has 1 unspecified atom stereocenters. The second-order valence-electron chi connectivity index (χ2n) is 4.85. The van der Waals surface area contributed by atoms with Crippen molar-refractivity contribution in [1.82, 2.24) is 5.32 Å². The summed E-state index contributed by atoms with van der Waals surface area (Å²) in [6.07, 6.45) is 2.59. The zero-order valence-electron chi connectivity index (χ0n) is 11.6. The Morgan fingerprint density at radius 1 is 1.33 bits per heavy atom. The van der Waals surface area contributed by atoms with Crippen LogP contribution < -0.4 is 11.1 Å². The summed E-state index contributed by atoms with van der Waals surface area (Å²) in [7, 11) is 0. The van der Waals surface area contributed by atoms with Crippen LogP contribution in [0.2, 0.25) is 0 Å². The van der Waals surface area contributed by atoms with Gasteiger partial charge in [0.05, 0.1) is 6.42 Å². The highest BCUT2D eigenvalue weighted by molar-refractivity contribution is 5.79. The molecular weight excluding hydrogens is 224 g/mol. The fraction of sp³-hybridized carbons (Fsp3) is 0.533. The van der Waals surface area contributed by atoms with Crippen molar-refractivity contribution in [1.29, 1.82) is 0 Å². The Hall–Kier alpha value is -1.51. The Balaban J connectivity index is 2.51. The average Bonchev–Trinajstić information content (AvgIpc) is 2.30. The summed E-state index contributed by atoms with van der Waals surface area (Å²) in [5.74, 6) is 0.620. The molecule has 0 aromatic heterocycles. The smallest absolute Gasteiger partial charge is 0.224 e. The number of rotatable bonds is 6. The van der Waals surface area contributed by atoms with E-state index in [1.54, 1.807) is 0 Å². The molecule has 0 aliphatic rings. The van der Waals surface area contributed by atoms with Gasteiger partial charge >= 0.3 is 0 Å². The lowest BCUT2D eigenvalue weighted by atomic mass is 9.95. The minimum Gasteiger partial charge on any atom is -0.399 e. The van der Waals surface area contributed by atoms with Gasteiger partial charge in [-0.1, -0.05) is 38.8 Å². The van der Waals surface area contributed by atoms with E-state index >= 15 is 0 Å². The number of anilines is 1. The number of benzene rings is 1. The second-order valence-corrected chi connectivity index (χ2v) is 4.85. The molecule has 3 heteroatoms. The van der Waals surface area contributed by atoms with E-state index in [9.17, 15) is 4.79 Å². The topological polar surface area (TPSA) is 55.1 Å². The lowest BCUT2D eigenvalue weighted by Crippen LogP contribution is -2.38. The van der Waals surface area contributed by atoms with Crippen LogP contribution in [-0.2, 0) is 11.2 Å². The number of nitrogen functional groups attached to an aromatic ring is 1. The molecule has 1 aromatic carbocycles. The van der Waals surface area contributed by atoms with Crippen LogP contribution in [0.3, 0.4) is 0 Å². The lowest BCUT2D eigenvalue weighted by molar-refractivity contribution is -0.121. The van der Waals surface area contributed by atoms with Crippen molar-refractivity contribution < 1.29 is 4.79 Å². The molecule has 0 spiro atoms. The maximum Gasteiger partial charge on any atom is 0.224 e. The molecule has 0 fully saturated rings. The van der Waals surface area contributed by atoms with Crippen molar-refractivity contribution in [2.24, 2.45) is 5.92 Å². The largest absolute Gasteiger partial charge is 0.399 e. The Kier molecular flexibility index (Phi) is 5.69. The fourth-order valence-corrected chi connectivity index (χ4v) is 2.31. The first-order valence-electron chi connectivity index (χ1n) is 6.70. The summed E-state index contributed by atoms with van der Waals surface area (Å²) in [4.78, 5) is 11.9. The third kappa shape index (κ3) is 4.40. The van der Waals surface area contributed by atoms with E-state index in [1.807, 2.05) is 24.3 Å². The van der Waals surface area contributed by atoms with Crippen LogP contribution in [0.5, 0.6) is 0 Å². The van der Waals surface area contributed by atoms with Crippen LogP contribution in [0.25, 0.3) is 0 Å². The third-order valence-corrected chi connectivity index (χ3v) is 3.46. The second kappa shape index (κ2) is 7.04. The average molecular weight is 248 g/mol. The number of hydrogen-bond acceptors (Lipinski definition) is 2. The van der Waals surface area contributed by atoms with Crippen LogP contribution in [0.1, 0.15) is 39.2 Å². The molecule has 1 amide bonds. The minimum atomic E-state index is 0.0694. The van der Waals surface area contributed by atoms with Crippen molar-refractivity contribution in [2.45, 2.75) is 46.1 Å². The number of hydrogen-bond donors (Lipinski definition) is 2. The first-order chi connectivity index (χ1) is 8.56. The molecular formula is C15H24N2O. The van der Waals surface area contributed by atoms with E-state index in [0.717, 1.165) is 18.4 Å². The van der Waals surface area contributed by atoms with Crippen LogP contribution in [0.4, 0.5) is 5.69 Å². The van der Waals surface area contributed by atoms with Gasteiger partial charge in [-0.25, -0.2) is 0 Å². The van der Waals surface area contributed by atoms with Gasteiger partial charge in [-0.15, -0.1) is 0 Å². The Bertz CT molecular complexity index is 386. The highest BCUT2D eigenvalue weighted by Crippen LogP contribution is 2.13. The van der Waals surface area contributed by atoms with Crippen molar-refractivity contribution in [3.05, 3.63) is 29.8 Å². The van der Waals surface area contributed by atoms with Crippen LogP contribution in [0.15, 0.2) is 24.3 Å². The van der Waals surface area contributed by atoms with Gasteiger partial charge in [0.2, 0.25) is 5.91 Å². The maximum absolute atomic E-state index is 11.9. The molecule has 0 bridgehead atoms.